The van der Waals surface area contributed by atoms with Gasteiger partial charge in [0.25, 0.3) is 5.56 Å². The van der Waals surface area contributed by atoms with Gasteiger partial charge < -0.3 is 4.57 Å². The molecule has 4 heteroatoms. The summed E-state index contributed by atoms with van der Waals surface area (Å²) in [4.78, 5) is 26.0. The van der Waals surface area contributed by atoms with Gasteiger partial charge in [-0.15, -0.1) is 0 Å². The van der Waals surface area contributed by atoms with E-state index in [0.29, 0.717) is 18.5 Å². The van der Waals surface area contributed by atoms with Crippen molar-refractivity contribution in [2.24, 2.45) is 0 Å². The molecule has 0 saturated heterocycles. The van der Waals surface area contributed by atoms with Crippen LogP contribution in [0.1, 0.15) is 44.5 Å². The van der Waals surface area contributed by atoms with E-state index in [1.165, 1.54) is 0 Å². The zero-order valence-electron chi connectivity index (χ0n) is 12.6. The maximum absolute atomic E-state index is 12.2. The number of likely N-dealkylation sites (N-methyl/N-ethyl adjacent to an activating group) is 1. The Morgan fingerprint density at radius 2 is 2.00 bits per heavy atom. The summed E-state index contributed by atoms with van der Waals surface area (Å²) in [6.45, 7) is 9.53. The Morgan fingerprint density at radius 3 is 2.53 bits per heavy atom. The molecule has 106 valence electrons. The van der Waals surface area contributed by atoms with E-state index in [1.54, 1.807) is 29.8 Å². The first-order chi connectivity index (χ1) is 8.77. The fourth-order valence-electron chi connectivity index (χ4n) is 1.71. The quantitative estimate of drug-likeness (QED) is 0.765. The number of ketones is 1. The molecule has 19 heavy (non-hydrogen) atoms. The number of pyridine rings is 1. The second-order valence-corrected chi connectivity index (χ2v) is 5.79. The highest BCUT2D eigenvalue weighted by atomic mass is 16.1. The first kappa shape index (κ1) is 15.6. The summed E-state index contributed by atoms with van der Waals surface area (Å²) >= 11 is 0. The van der Waals surface area contributed by atoms with Crippen molar-refractivity contribution in [2.75, 3.05) is 13.6 Å². The summed E-state index contributed by atoms with van der Waals surface area (Å²) in [6, 6.07) is 3.37. The fraction of sp³-hybridized carbons (Fsp3) is 0.600. The Balaban J connectivity index is 2.86. The molecule has 0 atom stereocenters. The summed E-state index contributed by atoms with van der Waals surface area (Å²) < 4.78 is 1.62. The second kappa shape index (κ2) is 6.15. The standard InChI is InChI=1S/C15H24N2O2/c1-6-13(18)12-8-7-9-17(14(12)19)11-10-16(5)15(2,3)4/h7-9H,6,10-11H2,1-5H3. The molecule has 1 aromatic rings. The minimum absolute atomic E-state index is 0.0699. The Morgan fingerprint density at radius 1 is 1.37 bits per heavy atom. The van der Waals surface area contributed by atoms with Gasteiger partial charge >= 0.3 is 0 Å². The minimum atomic E-state index is -0.184. The molecular formula is C15H24N2O2. The predicted molar refractivity (Wildman–Crippen MR) is 77.7 cm³/mol. The molecule has 4 nitrogen and oxygen atoms in total. The van der Waals surface area contributed by atoms with Crippen LogP contribution < -0.4 is 5.56 Å². The van der Waals surface area contributed by atoms with E-state index in [2.05, 4.69) is 25.7 Å². The van der Waals surface area contributed by atoms with E-state index in [-0.39, 0.29) is 16.9 Å². The number of aromatic nitrogens is 1. The van der Waals surface area contributed by atoms with E-state index >= 15 is 0 Å². The summed E-state index contributed by atoms with van der Waals surface area (Å²) in [7, 11) is 2.03. The van der Waals surface area contributed by atoms with Gasteiger partial charge in [-0.3, -0.25) is 14.5 Å². The molecule has 0 spiro atoms. The normalized spacial score (nSPS) is 11.9. The lowest BCUT2D eigenvalue weighted by molar-refractivity contribution is 0.0985. The summed E-state index contributed by atoms with van der Waals surface area (Å²) in [5, 5.41) is 0. The number of carbonyl (C=O) groups is 1. The van der Waals surface area contributed by atoms with Crippen LogP contribution in [0.5, 0.6) is 0 Å². The maximum atomic E-state index is 12.2. The monoisotopic (exact) mass is 264 g/mol. The number of nitrogens with zero attached hydrogens (tertiary/aromatic N) is 2. The van der Waals surface area contributed by atoms with E-state index in [4.69, 9.17) is 0 Å². The Bertz CT molecular complexity index is 498. The van der Waals surface area contributed by atoms with Crippen molar-refractivity contribution < 1.29 is 4.79 Å². The predicted octanol–water partition coefficient (Wildman–Crippen LogP) is 2.17. The van der Waals surface area contributed by atoms with Crippen molar-refractivity contribution in [3.63, 3.8) is 0 Å². The Kier molecular flexibility index (Phi) is 5.06. The molecule has 0 unspecified atom stereocenters. The third kappa shape index (κ3) is 4.03. The molecule has 1 aromatic heterocycles. The zero-order chi connectivity index (χ0) is 14.6. The smallest absolute Gasteiger partial charge is 0.261 e. The first-order valence-corrected chi connectivity index (χ1v) is 6.71. The van der Waals surface area contributed by atoms with Gasteiger partial charge in [-0.25, -0.2) is 0 Å². The number of carbonyl (C=O) groups excluding carboxylic acids is 1. The lowest BCUT2D eigenvalue weighted by atomic mass is 10.1. The number of Topliss-reactive ketones (excluding diaryl/α,β-unsaturated/α-hetero) is 1. The molecule has 0 aromatic carbocycles. The molecule has 1 heterocycles. The van der Waals surface area contributed by atoms with Gasteiger partial charge in [0.15, 0.2) is 5.78 Å². The second-order valence-electron chi connectivity index (χ2n) is 5.79. The largest absolute Gasteiger partial charge is 0.314 e. The number of hydrogen-bond acceptors (Lipinski definition) is 3. The van der Waals surface area contributed by atoms with Crippen molar-refractivity contribution in [1.82, 2.24) is 9.47 Å². The SMILES string of the molecule is CCC(=O)c1cccn(CCN(C)C(C)(C)C)c1=O. The van der Waals surface area contributed by atoms with Crippen LogP contribution in [0.4, 0.5) is 0 Å². The molecule has 0 aliphatic rings. The molecular weight excluding hydrogens is 240 g/mol. The summed E-state index contributed by atoms with van der Waals surface area (Å²) in [6.07, 6.45) is 2.10. The fourth-order valence-corrected chi connectivity index (χ4v) is 1.71. The van der Waals surface area contributed by atoms with Crippen LogP contribution in [-0.4, -0.2) is 34.4 Å². The topological polar surface area (TPSA) is 42.3 Å². The molecule has 1 rings (SSSR count). The molecule has 0 radical (unpaired) electrons. The molecule has 0 bridgehead atoms. The average Bonchev–Trinajstić information content (AvgIpc) is 2.35. The van der Waals surface area contributed by atoms with E-state index in [0.717, 1.165) is 6.54 Å². The number of rotatable bonds is 5. The van der Waals surface area contributed by atoms with Crippen LogP contribution in [0, 0.1) is 0 Å². The highest BCUT2D eigenvalue weighted by Gasteiger charge is 2.17. The lowest BCUT2D eigenvalue weighted by Crippen LogP contribution is -2.41. The van der Waals surface area contributed by atoms with E-state index < -0.39 is 0 Å². The van der Waals surface area contributed by atoms with Crippen molar-refractivity contribution in [1.29, 1.82) is 0 Å². The Hall–Kier alpha value is -1.42. The van der Waals surface area contributed by atoms with Gasteiger partial charge in [0.1, 0.15) is 0 Å². The summed E-state index contributed by atoms with van der Waals surface area (Å²) in [5.74, 6) is -0.0940. The van der Waals surface area contributed by atoms with Crippen LogP contribution >= 0.6 is 0 Å². The third-order valence-corrected chi connectivity index (χ3v) is 3.46. The molecule has 0 N–H and O–H groups in total. The van der Waals surface area contributed by atoms with Crippen molar-refractivity contribution in [3.05, 3.63) is 34.2 Å². The van der Waals surface area contributed by atoms with Gasteiger partial charge in [-0.05, 0) is 40.0 Å². The highest BCUT2D eigenvalue weighted by molar-refractivity contribution is 5.95. The molecule has 0 saturated carbocycles. The molecule has 0 amide bonds. The molecule has 0 aliphatic carbocycles. The third-order valence-electron chi connectivity index (χ3n) is 3.46. The van der Waals surface area contributed by atoms with Crippen LogP contribution in [-0.2, 0) is 6.54 Å². The van der Waals surface area contributed by atoms with Crippen LogP contribution in [0.2, 0.25) is 0 Å². The average molecular weight is 264 g/mol. The van der Waals surface area contributed by atoms with Crippen LogP contribution in [0.15, 0.2) is 23.1 Å². The summed E-state index contributed by atoms with van der Waals surface area (Å²) in [5.41, 5.74) is 0.181. The lowest BCUT2D eigenvalue weighted by Gasteiger charge is -2.31. The van der Waals surface area contributed by atoms with Gasteiger partial charge in [0, 0.05) is 31.2 Å². The van der Waals surface area contributed by atoms with E-state index in [9.17, 15) is 9.59 Å². The maximum Gasteiger partial charge on any atom is 0.261 e. The zero-order valence-corrected chi connectivity index (χ0v) is 12.6. The number of hydrogen-bond donors (Lipinski definition) is 0. The first-order valence-electron chi connectivity index (χ1n) is 6.71. The Labute approximate surface area is 115 Å². The van der Waals surface area contributed by atoms with E-state index in [1.807, 2.05) is 7.05 Å². The highest BCUT2D eigenvalue weighted by Crippen LogP contribution is 2.09. The molecule has 0 fully saturated rings. The minimum Gasteiger partial charge on any atom is -0.314 e. The molecule has 0 aliphatic heterocycles. The van der Waals surface area contributed by atoms with Gasteiger partial charge in [-0.2, -0.15) is 0 Å². The van der Waals surface area contributed by atoms with Gasteiger partial charge in [0.2, 0.25) is 0 Å². The van der Waals surface area contributed by atoms with Crippen molar-refractivity contribution in [3.8, 4) is 0 Å². The van der Waals surface area contributed by atoms with Gasteiger partial charge in [0.05, 0.1) is 5.56 Å². The van der Waals surface area contributed by atoms with Gasteiger partial charge in [-0.1, -0.05) is 6.92 Å². The van der Waals surface area contributed by atoms with Crippen molar-refractivity contribution in [2.45, 2.75) is 46.2 Å². The van der Waals surface area contributed by atoms with Crippen LogP contribution in [0.3, 0.4) is 0 Å². The van der Waals surface area contributed by atoms with Crippen LogP contribution in [0.25, 0.3) is 0 Å². The van der Waals surface area contributed by atoms with Crippen molar-refractivity contribution >= 4 is 5.78 Å².